The number of hydrogen-bond donors (Lipinski definition) is 8. The van der Waals surface area contributed by atoms with Gasteiger partial charge in [-0.25, -0.2) is 0 Å². The van der Waals surface area contributed by atoms with Gasteiger partial charge in [0.15, 0.2) is 6.29 Å². The summed E-state index contributed by atoms with van der Waals surface area (Å²) in [4.78, 5) is 0. The molecule has 1 aliphatic rings. The highest BCUT2D eigenvalue weighted by atomic mass is 16.7. The predicted octanol–water partition coefficient (Wildman–Crippen LogP) is -3.32. The summed E-state index contributed by atoms with van der Waals surface area (Å²) in [7, 11) is 0. The summed E-state index contributed by atoms with van der Waals surface area (Å²) in [6.07, 6.45) is -13.8. The minimum atomic E-state index is -1.73. The molecule has 0 aromatic carbocycles. The Morgan fingerprint density at radius 3 is 1.96 bits per heavy atom. The van der Waals surface area contributed by atoms with Gasteiger partial charge in [-0.3, -0.25) is 0 Å². The summed E-state index contributed by atoms with van der Waals surface area (Å²) in [5.74, 6) is 0. The van der Waals surface area contributed by atoms with Crippen LogP contribution in [0.3, 0.4) is 0 Å². The minimum absolute atomic E-state index is 0.143. The van der Waals surface area contributed by atoms with Crippen molar-refractivity contribution in [3.63, 3.8) is 0 Å². The Morgan fingerprint density at radius 2 is 1.50 bits per heavy atom. The van der Waals surface area contributed by atoms with Crippen molar-refractivity contribution in [3.05, 3.63) is 0 Å². The monoisotopic (exact) mass is 384 g/mol. The van der Waals surface area contributed by atoms with Crippen LogP contribution in [-0.4, -0.2) is 109 Å². The molecule has 1 aliphatic heterocycles. The zero-order chi connectivity index (χ0) is 20.2. The first kappa shape index (κ1) is 23.6. The van der Waals surface area contributed by atoms with Crippen LogP contribution >= 0.6 is 0 Å². The summed E-state index contributed by atoms with van der Waals surface area (Å²) in [6, 6.07) is 0. The van der Waals surface area contributed by atoms with Crippen LogP contribution in [0.5, 0.6) is 0 Å². The SMILES string of the molecule is CC(C)(C)C[C@H](O)[C@@H](O[C@H]1O[C@H](CO)[C@H](O)[C@H](O)[C@H]1O)[C@@H](O)[C@H](O)CO. The van der Waals surface area contributed by atoms with Crippen molar-refractivity contribution in [1.82, 2.24) is 0 Å². The van der Waals surface area contributed by atoms with Crippen LogP contribution in [0, 0.1) is 5.41 Å². The van der Waals surface area contributed by atoms with E-state index in [2.05, 4.69) is 0 Å². The van der Waals surface area contributed by atoms with E-state index in [9.17, 15) is 35.7 Å². The second-order valence-corrected chi connectivity index (χ2v) is 7.87. The number of hydrogen-bond acceptors (Lipinski definition) is 10. The summed E-state index contributed by atoms with van der Waals surface area (Å²) in [5.41, 5.74) is -0.375. The lowest BCUT2D eigenvalue weighted by Crippen LogP contribution is -2.61. The number of aliphatic hydroxyl groups is 8. The molecule has 26 heavy (non-hydrogen) atoms. The molecule has 156 valence electrons. The van der Waals surface area contributed by atoms with Gasteiger partial charge in [-0.05, 0) is 11.8 Å². The van der Waals surface area contributed by atoms with Crippen LogP contribution in [0.25, 0.3) is 0 Å². The van der Waals surface area contributed by atoms with Gasteiger partial charge in [0.05, 0.1) is 19.3 Å². The highest BCUT2D eigenvalue weighted by molar-refractivity contribution is 4.91. The summed E-state index contributed by atoms with van der Waals surface area (Å²) in [6.45, 7) is 4.03. The quantitative estimate of drug-likeness (QED) is 0.211. The molecule has 10 heteroatoms. The van der Waals surface area contributed by atoms with E-state index in [1.54, 1.807) is 0 Å². The van der Waals surface area contributed by atoms with Gasteiger partial charge in [0.1, 0.15) is 42.7 Å². The maximum atomic E-state index is 10.4. The fraction of sp³-hybridized carbons (Fsp3) is 1.00. The van der Waals surface area contributed by atoms with Gasteiger partial charge < -0.3 is 50.3 Å². The zero-order valence-corrected chi connectivity index (χ0v) is 15.2. The van der Waals surface area contributed by atoms with Gasteiger partial charge in [0.2, 0.25) is 0 Å². The molecule has 0 bridgehead atoms. The fourth-order valence-electron chi connectivity index (χ4n) is 2.80. The first-order valence-corrected chi connectivity index (χ1v) is 8.54. The second-order valence-electron chi connectivity index (χ2n) is 7.87. The van der Waals surface area contributed by atoms with Gasteiger partial charge in [-0.1, -0.05) is 20.8 Å². The minimum Gasteiger partial charge on any atom is -0.394 e. The molecular weight excluding hydrogens is 352 g/mol. The largest absolute Gasteiger partial charge is 0.394 e. The molecule has 0 aromatic heterocycles. The smallest absolute Gasteiger partial charge is 0.187 e. The Bertz CT molecular complexity index is 412. The van der Waals surface area contributed by atoms with E-state index >= 15 is 0 Å². The fourth-order valence-corrected chi connectivity index (χ4v) is 2.80. The first-order chi connectivity index (χ1) is 11.9. The third-order valence-corrected chi connectivity index (χ3v) is 4.26. The average Bonchev–Trinajstić information content (AvgIpc) is 2.56. The van der Waals surface area contributed by atoms with Gasteiger partial charge in [-0.2, -0.15) is 0 Å². The lowest BCUT2D eigenvalue weighted by atomic mass is 9.85. The summed E-state index contributed by atoms with van der Waals surface area (Å²) >= 11 is 0. The molecule has 9 atom stereocenters. The Morgan fingerprint density at radius 1 is 0.923 bits per heavy atom. The summed E-state index contributed by atoms with van der Waals surface area (Å²) < 4.78 is 10.6. The highest BCUT2D eigenvalue weighted by Crippen LogP contribution is 2.28. The van der Waals surface area contributed by atoms with Crippen molar-refractivity contribution >= 4 is 0 Å². The molecular formula is C16H32O10. The van der Waals surface area contributed by atoms with Crippen LogP contribution in [0.15, 0.2) is 0 Å². The molecule has 1 rings (SSSR count). The Kier molecular flexibility index (Phi) is 8.81. The lowest BCUT2D eigenvalue weighted by Gasteiger charge is -2.42. The second kappa shape index (κ2) is 9.69. The molecule has 0 aromatic rings. The lowest BCUT2D eigenvalue weighted by molar-refractivity contribution is -0.327. The van der Waals surface area contributed by atoms with Gasteiger partial charge in [-0.15, -0.1) is 0 Å². The van der Waals surface area contributed by atoms with E-state index in [0.29, 0.717) is 0 Å². The molecule has 1 heterocycles. The highest BCUT2D eigenvalue weighted by Gasteiger charge is 2.47. The van der Waals surface area contributed by atoms with Gasteiger partial charge in [0, 0.05) is 0 Å². The van der Waals surface area contributed by atoms with E-state index in [0.717, 1.165) is 0 Å². The maximum Gasteiger partial charge on any atom is 0.187 e. The van der Waals surface area contributed by atoms with Crippen molar-refractivity contribution in [2.45, 2.75) is 82.3 Å². The van der Waals surface area contributed by atoms with Crippen molar-refractivity contribution in [1.29, 1.82) is 0 Å². The van der Waals surface area contributed by atoms with Gasteiger partial charge in [0.25, 0.3) is 0 Å². The van der Waals surface area contributed by atoms with Crippen molar-refractivity contribution in [2.75, 3.05) is 13.2 Å². The van der Waals surface area contributed by atoms with Crippen molar-refractivity contribution in [3.8, 4) is 0 Å². The van der Waals surface area contributed by atoms with Crippen LogP contribution < -0.4 is 0 Å². The van der Waals surface area contributed by atoms with E-state index in [1.165, 1.54) is 0 Å². The van der Waals surface area contributed by atoms with Crippen LogP contribution in [0.2, 0.25) is 0 Å². The first-order valence-electron chi connectivity index (χ1n) is 8.54. The van der Waals surface area contributed by atoms with Crippen molar-refractivity contribution in [2.24, 2.45) is 5.41 Å². The van der Waals surface area contributed by atoms with E-state index in [4.69, 9.17) is 14.6 Å². The predicted molar refractivity (Wildman–Crippen MR) is 87.8 cm³/mol. The Hall–Kier alpha value is -0.400. The molecule has 10 nitrogen and oxygen atoms in total. The maximum absolute atomic E-state index is 10.4. The number of aliphatic hydroxyl groups excluding tert-OH is 8. The number of ether oxygens (including phenoxy) is 2. The van der Waals surface area contributed by atoms with Crippen LogP contribution in [-0.2, 0) is 9.47 Å². The van der Waals surface area contributed by atoms with E-state index < -0.39 is 68.3 Å². The number of rotatable bonds is 8. The topological polar surface area (TPSA) is 180 Å². The summed E-state index contributed by atoms with van der Waals surface area (Å²) in [5, 5.41) is 78.3. The normalized spacial score (nSPS) is 35.0. The zero-order valence-electron chi connectivity index (χ0n) is 15.2. The van der Waals surface area contributed by atoms with Gasteiger partial charge >= 0.3 is 0 Å². The van der Waals surface area contributed by atoms with Crippen molar-refractivity contribution < 1.29 is 50.3 Å². The Labute approximate surface area is 152 Å². The molecule has 0 spiro atoms. The molecule has 1 saturated heterocycles. The Balaban J connectivity index is 2.99. The molecule has 0 saturated carbocycles. The average molecular weight is 384 g/mol. The third-order valence-electron chi connectivity index (χ3n) is 4.26. The van der Waals surface area contributed by atoms with Crippen LogP contribution in [0.1, 0.15) is 27.2 Å². The van der Waals surface area contributed by atoms with E-state index in [1.807, 2.05) is 20.8 Å². The molecule has 0 unspecified atom stereocenters. The molecule has 1 fully saturated rings. The van der Waals surface area contributed by atoms with Crippen LogP contribution in [0.4, 0.5) is 0 Å². The molecule has 0 radical (unpaired) electrons. The van der Waals surface area contributed by atoms with E-state index in [-0.39, 0.29) is 11.8 Å². The third kappa shape index (κ3) is 6.06. The molecule has 8 N–H and O–H groups in total. The molecule has 0 aliphatic carbocycles. The molecule has 0 amide bonds. The standard InChI is InChI=1S/C16H32O10/c1-16(2,3)4-7(19)14(10(21)8(20)5-17)26-15-13(24)12(23)11(22)9(6-18)25-15/h7-15,17-24H,4-6H2,1-3H3/t7-,8+,9+,10-,11-,12-,13+,14+,15+/m0/s1.